The van der Waals surface area contributed by atoms with E-state index in [-0.39, 0.29) is 12.1 Å². The van der Waals surface area contributed by atoms with Crippen molar-refractivity contribution in [3.8, 4) is 11.5 Å². The zero-order valence-electron chi connectivity index (χ0n) is 14.9. The molecule has 0 bridgehead atoms. The molecule has 1 unspecified atom stereocenters. The SMILES string of the molecule is CCOc1cc2c(cc1CNC(=O)N(C)Cc1ccco1)OC(C)C2. The summed E-state index contributed by atoms with van der Waals surface area (Å²) in [5.41, 5.74) is 2.07. The molecule has 0 radical (unpaired) electrons. The Balaban J connectivity index is 1.65. The lowest BCUT2D eigenvalue weighted by Gasteiger charge is -2.18. The molecule has 0 saturated carbocycles. The zero-order chi connectivity index (χ0) is 17.8. The third-order valence-electron chi connectivity index (χ3n) is 4.13. The van der Waals surface area contributed by atoms with Gasteiger partial charge in [-0.1, -0.05) is 0 Å². The summed E-state index contributed by atoms with van der Waals surface area (Å²) in [6.45, 7) is 5.37. The van der Waals surface area contributed by atoms with Gasteiger partial charge in [-0.05, 0) is 38.1 Å². The second kappa shape index (κ2) is 7.51. The molecule has 1 aliphatic rings. The number of fused-ring (bicyclic) bond motifs is 1. The molecule has 0 spiro atoms. The molecular weight excluding hydrogens is 320 g/mol. The number of amides is 2. The van der Waals surface area contributed by atoms with E-state index in [9.17, 15) is 4.79 Å². The van der Waals surface area contributed by atoms with E-state index in [2.05, 4.69) is 5.32 Å². The maximum Gasteiger partial charge on any atom is 0.317 e. The van der Waals surface area contributed by atoms with Crippen molar-refractivity contribution in [2.24, 2.45) is 0 Å². The first kappa shape index (κ1) is 17.2. The normalized spacial score (nSPS) is 15.4. The minimum Gasteiger partial charge on any atom is -0.494 e. The lowest BCUT2D eigenvalue weighted by molar-refractivity contribution is 0.202. The van der Waals surface area contributed by atoms with Crippen LogP contribution in [0.2, 0.25) is 0 Å². The number of furan rings is 1. The third-order valence-corrected chi connectivity index (χ3v) is 4.13. The van der Waals surface area contributed by atoms with Crippen LogP contribution in [0.25, 0.3) is 0 Å². The summed E-state index contributed by atoms with van der Waals surface area (Å²) in [5.74, 6) is 2.42. The molecule has 0 saturated heterocycles. The highest BCUT2D eigenvalue weighted by molar-refractivity contribution is 5.74. The van der Waals surface area contributed by atoms with E-state index in [0.29, 0.717) is 19.7 Å². The van der Waals surface area contributed by atoms with Gasteiger partial charge in [-0.2, -0.15) is 0 Å². The van der Waals surface area contributed by atoms with Crippen LogP contribution in [-0.4, -0.2) is 30.7 Å². The molecule has 1 aliphatic heterocycles. The Kier molecular flexibility index (Phi) is 5.16. The monoisotopic (exact) mass is 344 g/mol. The van der Waals surface area contributed by atoms with Gasteiger partial charge in [-0.3, -0.25) is 0 Å². The Morgan fingerprint density at radius 2 is 2.28 bits per heavy atom. The molecule has 6 nitrogen and oxygen atoms in total. The van der Waals surface area contributed by atoms with Crippen LogP contribution in [0.3, 0.4) is 0 Å². The molecule has 6 heteroatoms. The van der Waals surface area contributed by atoms with Crippen LogP contribution in [0.4, 0.5) is 4.79 Å². The van der Waals surface area contributed by atoms with Crippen LogP contribution in [0.1, 0.15) is 30.7 Å². The van der Waals surface area contributed by atoms with Crippen LogP contribution >= 0.6 is 0 Å². The van der Waals surface area contributed by atoms with E-state index in [4.69, 9.17) is 13.9 Å². The smallest absolute Gasteiger partial charge is 0.317 e. The van der Waals surface area contributed by atoms with Gasteiger partial charge in [0.1, 0.15) is 23.4 Å². The van der Waals surface area contributed by atoms with Crippen molar-refractivity contribution in [1.29, 1.82) is 0 Å². The molecule has 1 aromatic heterocycles. The van der Waals surface area contributed by atoms with Crippen molar-refractivity contribution in [3.05, 3.63) is 47.4 Å². The Hall–Kier alpha value is -2.63. The highest BCUT2D eigenvalue weighted by atomic mass is 16.5. The number of carbonyl (C=O) groups excluding carboxylic acids is 1. The van der Waals surface area contributed by atoms with Crippen LogP contribution < -0.4 is 14.8 Å². The number of carbonyl (C=O) groups is 1. The van der Waals surface area contributed by atoms with Crippen molar-refractivity contribution < 1.29 is 18.7 Å². The molecule has 25 heavy (non-hydrogen) atoms. The molecular formula is C19H24N2O4. The first-order valence-corrected chi connectivity index (χ1v) is 8.53. The summed E-state index contributed by atoms with van der Waals surface area (Å²) in [4.78, 5) is 13.9. The summed E-state index contributed by atoms with van der Waals surface area (Å²) < 4.78 is 16.8. The summed E-state index contributed by atoms with van der Waals surface area (Å²) in [7, 11) is 1.73. The highest BCUT2D eigenvalue weighted by Crippen LogP contribution is 2.35. The Labute approximate surface area is 147 Å². The van der Waals surface area contributed by atoms with Gasteiger partial charge in [-0.25, -0.2) is 4.79 Å². The number of ether oxygens (including phenoxy) is 2. The lowest BCUT2D eigenvalue weighted by Crippen LogP contribution is -2.36. The molecule has 1 N–H and O–H groups in total. The highest BCUT2D eigenvalue weighted by Gasteiger charge is 2.22. The summed E-state index contributed by atoms with van der Waals surface area (Å²) in [6, 6.07) is 7.47. The molecule has 134 valence electrons. The number of benzene rings is 1. The minimum absolute atomic E-state index is 0.173. The Morgan fingerprint density at radius 3 is 3.00 bits per heavy atom. The average molecular weight is 344 g/mol. The Bertz CT molecular complexity index is 727. The third kappa shape index (κ3) is 4.07. The van der Waals surface area contributed by atoms with Crippen molar-refractivity contribution in [1.82, 2.24) is 10.2 Å². The van der Waals surface area contributed by atoms with Gasteiger partial charge in [0.2, 0.25) is 0 Å². The Morgan fingerprint density at radius 1 is 1.44 bits per heavy atom. The van der Waals surface area contributed by atoms with Gasteiger partial charge in [0, 0.05) is 31.1 Å². The van der Waals surface area contributed by atoms with Gasteiger partial charge in [0.25, 0.3) is 0 Å². The fourth-order valence-electron chi connectivity index (χ4n) is 2.92. The molecule has 0 aliphatic carbocycles. The van der Waals surface area contributed by atoms with E-state index in [1.807, 2.05) is 32.0 Å². The van der Waals surface area contributed by atoms with Gasteiger partial charge < -0.3 is 24.1 Å². The number of hydrogen-bond donors (Lipinski definition) is 1. The van der Waals surface area contributed by atoms with Crippen molar-refractivity contribution in [3.63, 3.8) is 0 Å². The number of rotatable bonds is 6. The second-order valence-corrected chi connectivity index (χ2v) is 6.23. The fourth-order valence-corrected chi connectivity index (χ4v) is 2.92. The maximum absolute atomic E-state index is 12.3. The van der Waals surface area contributed by atoms with Crippen molar-refractivity contribution in [2.75, 3.05) is 13.7 Å². The van der Waals surface area contributed by atoms with E-state index < -0.39 is 0 Å². The van der Waals surface area contributed by atoms with Gasteiger partial charge >= 0.3 is 6.03 Å². The summed E-state index contributed by atoms with van der Waals surface area (Å²) >= 11 is 0. The van der Waals surface area contributed by atoms with E-state index in [1.54, 1.807) is 24.3 Å². The molecule has 0 fully saturated rings. The van der Waals surface area contributed by atoms with E-state index in [0.717, 1.165) is 34.8 Å². The lowest BCUT2D eigenvalue weighted by atomic mass is 10.1. The van der Waals surface area contributed by atoms with E-state index >= 15 is 0 Å². The molecule has 1 aromatic carbocycles. The molecule has 3 rings (SSSR count). The van der Waals surface area contributed by atoms with Crippen molar-refractivity contribution in [2.45, 2.75) is 39.5 Å². The number of nitrogens with one attached hydrogen (secondary N) is 1. The number of nitrogens with zero attached hydrogens (tertiary/aromatic N) is 1. The van der Waals surface area contributed by atoms with E-state index in [1.165, 1.54) is 0 Å². The van der Waals surface area contributed by atoms with Crippen LogP contribution in [-0.2, 0) is 19.5 Å². The number of hydrogen-bond acceptors (Lipinski definition) is 4. The van der Waals surface area contributed by atoms with Crippen LogP contribution in [0, 0.1) is 0 Å². The van der Waals surface area contributed by atoms with Gasteiger partial charge in [-0.15, -0.1) is 0 Å². The predicted molar refractivity (Wildman–Crippen MR) is 93.8 cm³/mol. The topological polar surface area (TPSA) is 63.9 Å². The molecule has 2 aromatic rings. The van der Waals surface area contributed by atoms with Crippen LogP contribution in [0.5, 0.6) is 11.5 Å². The van der Waals surface area contributed by atoms with Gasteiger partial charge in [0.05, 0.1) is 19.4 Å². The summed E-state index contributed by atoms with van der Waals surface area (Å²) in [5, 5.41) is 2.92. The second-order valence-electron chi connectivity index (χ2n) is 6.23. The average Bonchev–Trinajstić information content (AvgIpc) is 3.20. The fraction of sp³-hybridized carbons (Fsp3) is 0.421. The predicted octanol–water partition coefficient (Wildman–Crippen LogP) is 3.34. The molecule has 2 heterocycles. The first-order valence-electron chi connectivity index (χ1n) is 8.53. The quantitative estimate of drug-likeness (QED) is 0.873. The zero-order valence-corrected chi connectivity index (χ0v) is 14.9. The number of urea groups is 1. The van der Waals surface area contributed by atoms with Gasteiger partial charge in [0.15, 0.2) is 0 Å². The van der Waals surface area contributed by atoms with Crippen molar-refractivity contribution >= 4 is 6.03 Å². The maximum atomic E-state index is 12.3. The molecule has 2 amide bonds. The summed E-state index contributed by atoms with van der Waals surface area (Å²) in [6.07, 6.45) is 2.66. The largest absolute Gasteiger partial charge is 0.494 e. The first-order chi connectivity index (χ1) is 12.1. The minimum atomic E-state index is -0.173. The van der Waals surface area contributed by atoms with Crippen LogP contribution in [0.15, 0.2) is 34.9 Å². The molecule has 1 atom stereocenters. The standard InChI is InChI=1S/C19H24N2O4/c1-4-23-17-9-14-8-13(2)25-18(14)10-15(17)11-20-19(22)21(3)12-16-6-5-7-24-16/h5-7,9-10,13H,4,8,11-12H2,1-3H3,(H,20,22).